The Hall–Kier alpha value is -1.44. The zero-order valence-electron chi connectivity index (χ0n) is 11.7. The highest BCUT2D eigenvalue weighted by Crippen LogP contribution is 2.22. The molecule has 0 aliphatic heterocycles. The van der Waals surface area contributed by atoms with Crippen molar-refractivity contribution in [3.63, 3.8) is 0 Å². The number of methoxy groups -OCH3 is 1. The maximum absolute atomic E-state index is 12.6. The largest absolute Gasteiger partial charge is 0.480 e. The van der Waals surface area contributed by atoms with Crippen LogP contribution in [0.5, 0.6) is 0 Å². The molecule has 0 saturated carbocycles. The summed E-state index contributed by atoms with van der Waals surface area (Å²) >= 11 is 0. The quantitative estimate of drug-likeness (QED) is 0.821. The zero-order valence-corrected chi connectivity index (χ0v) is 12.6. The van der Waals surface area contributed by atoms with E-state index in [1.807, 2.05) is 0 Å². The van der Waals surface area contributed by atoms with E-state index in [4.69, 9.17) is 9.84 Å². The lowest BCUT2D eigenvalue weighted by Crippen LogP contribution is -2.40. The van der Waals surface area contributed by atoms with Gasteiger partial charge >= 0.3 is 5.97 Å². The van der Waals surface area contributed by atoms with Crippen LogP contribution in [0.3, 0.4) is 0 Å². The van der Waals surface area contributed by atoms with Gasteiger partial charge in [-0.1, -0.05) is 18.2 Å². The van der Waals surface area contributed by atoms with Gasteiger partial charge in [-0.05, 0) is 25.5 Å². The van der Waals surface area contributed by atoms with Crippen LogP contribution in [0.15, 0.2) is 29.2 Å². The Morgan fingerprint density at radius 2 is 1.95 bits per heavy atom. The number of hydrogen-bond donors (Lipinski definition) is 1. The van der Waals surface area contributed by atoms with Crippen molar-refractivity contribution in [2.24, 2.45) is 0 Å². The molecule has 1 N–H and O–H groups in total. The van der Waals surface area contributed by atoms with Gasteiger partial charge in [0.1, 0.15) is 6.54 Å². The second-order valence-electron chi connectivity index (χ2n) is 4.58. The van der Waals surface area contributed by atoms with Gasteiger partial charge < -0.3 is 9.84 Å². The molecule has 0 saturated heterocycles. The Labute approximate surface area is 119 Å². The molecule has 112 valence electrons. The maximum Gasteiger partial charge on any atom is 0.318 e. The number of rotatable bonds is 7. The molecule has 0 heterocycles. The summed E-state index contributed by atoms with van der Waals surface area (Å²) in [6.45, 7) is 2.86. The van der Waals surface area contributed by atoms with E-state index in [0.717, 1.165) is 4.31 Å². The van der Waals surface area contributed by atoms with Crippen molar-refractivity contribution < 1.29 is 23.1 Å². The standard InChI is InChI=1S/C13H19NO5S/c1-10(2)14(8-13(15)16)20(17,18)12-7-5-4-6-11(12)9-19-3/h4-7,10H,8-9H2,1-3H3,(H,15,16). The van der Waals surface area contributed by atoms with Gasteiger partial charge in [0.15, 0.2) is 0 Å². The highest BCUT2D eigenvalue weighted by molar-refractivity contribution is 7.89. The number of carboxylic acids is 1. The average molecular weight is 301 g/mol. The van der Waals surface area contributed by atoms with Crippen molar-refractivity contribution in [1.82, 2.24) is 4.31 Å². The minimum absolute atomic E-state index is 0.0804. The monoisotopic (exact) mass is 301 g/mol. The molecule has 0 amide bonds. The molecule has 0 aliphatic rings. The number of sulfonamides is 1. The summed E-state index contributed by atoms with van der Waals surface area (Å²) in [5.74, 6) is -1.19. The molecule has 0 spiro atoms. The smallest absolute Gasteiger partial charge is 0.318 e. The number of ether oxygens (including phenoxy) is 1. The van der Waals surface area contributed by atoms with Crippen LogP contribution in [0.4, 0.5) is 0 Å². The van der Waals surface area contributed by atoms with Gasteiger partial charge in [0.25, 0.3) is 0 Å². The molecule has 20 heavy (non-hydrogen) atoms. The predicted octanol–water partition coefficient (Wildman–Crippen LogP) is 1.32. The summed E-state index contributed by atoms with van der Waals surface area (Å²) in [6, 6.07) is 5.97. The minimum Gasteiger partial charge on any atom is -0.480 e. The van der Waals surface area contributed by atoms with Crippen molar-refractivity contribution in [1.29, 1.82) is 0 Å². The SMILES string of the molecule is COCc1ccccc1S(=O)(=O)N(CC(=O)O)C(C)C. The lowest BCUT2D eigenvalue weighted by Gasteiger charge is -2.25. The second-order valence-corrected chi connectivity index (χ2v) is 6.44. The van der Waals surface area contributed by atoms with Crippen molar-refractivity contribution in [2.75, 3.05) is 13.7 Å². The van der Waals surface area contributed by atoms with Crippen molar-refractivity contribution in [2.45, 2.75) is 31.4 Å². The van der Waals surface area contributed by atoms with Gasteiger partial charge in [-0.3, -0.25) is 4.79 Å². The number of carbonyl (C=O) groups is 1. The number of hydrogen-bond acceptors (Lipinski definition) is 4. The van der Waals surface area contributed by atoms with Crippen LogP contribution >= 0.6 is 0 Å². The van der Waals surface area contributed by atoms with E-state index >= 15 is 0 Å². The molecule has 0 aromatic heterocycles. The fraction of sp³-hybridized carbons (Fsp3) is 0.462. The highest BCUT2D eigenvalue weighted by Gasteiger charge is 2.30. The lowest BCUT2D eigenvalue weighted by atomic mass is 10.2. The lowest BCUT2D eigenvalue weighted by molar-refractivity contribution is -0.137. The highest BCUT2D eigenvalue weighted by atomic mass is 32.2. The summed E-state index contributed by atoms with van der Waals surface area (Å²) in [5, 5.41) is 8.88. The second kappa shape index (κ2) is 6.83. The van der Waals surface area contributed by atoms with Crippen molar-refractivity contribution in [3.8, 4) is 0 Å². The van der Waals surface area contributed by atoms with Gasteiger partial charge in [-0.2, -0.15) is 4.31 Å². The van der Waals surface area contributed by atoms with Crippen molar-refractivity contribution >= 4 is 16.0 Å². The minimum atomic E-state index is -3.88. The summed E-state index contributed by atoms with van der Waals surface area (Å²) in [4.78, 5) is 11.0. The first-order chi connectivity index (χ1) is 9.30. The molecule has 0 radical (unpaired) electrons. The maximum atomic E-state index is 12.6. The van der Waals surface area contributed by atoms with E-state index < -0.39 is 28.6 Å². The molecule has 0 fully saturated rings. The summed E-state index contributed by atoms with van der Waals surface area (Å²) in [7, 11) is -2.40. The fourth-order valence-corrected chi connectivity index (χ4v) is 3.63. The Balaban J connectivity index is 3.29. The molecule has 7 heteroatoms. The Morgan fingerprint density at radius 3 is 2.45 bits per heavy atom. The van der Waals surface area contributed by atoms with Crippen LogP contribution < -0.4 is 0 Å². The van der Waals surface area contributed by atoms with E-state index in [9.17, 15) is 13.2 Å². The molecule has 6 nitrogen and oxygen atoms in total. The third-order valence-corrected chi connectivity index (χ3v) is 4.85. The van der Waals surface area contributed by atoms with Gasteiger partial charge in [-0.25, -0.2) is 8.42 Å². The number of carboxylic acid groups (broad SMARTS) is 1. The molecule has 1 aromatic carbocycles. The topological polar surface area (TPSA) is 83.9 Å². The van der Waals surface area contributed by atoms with Gasteiger partial charge in [-0.15, -0.1) is 0 Å². The molecule has 0 unspecified atom stereocenters. The molecule has 1 rings (SSSR count). The Kier molecular flexibility index (Phi) is 5.67. The first-order valence-corrected chi connectivity index (χ1v) is 7.55. The summed E-state index contributed by atoms with van der Waals surface area (Å²) < 4.78 is 31.2. The van der Waals surface area contributed by atoms with E-state index in [-0.39, 0.29) is 11.5 Å². The number of benzene rings is 1. The molecular weight excluding hydrogens is 282 g/mol. The third kappa shape index (κ3) is 3.78. The zero-order chi connectivity index (χ0) is 15.3. The molecule has 0 bridgehead atoms. The predicted molar refractivity (Wildman–Crippen MR) is 73.8 cm³/mol. The van der Waals surface area contributed by atoms with E-state index in [2.05, 4.69) is 0 Å². The van der Waals surface area contributed by atoms with E-state index in [1.54, 1.807) is 32.0 Å². The van der Waals surface area contributed by atoms with Crippen LogP contribution in [0.25, 0.3) is 0 Å². The Morgan fingerprint density at radius 1 is 1.35 bits per heavy atom. The fourth-order valence-electron chi connectivity index (χ4n) is 1.83. The van der Waals surface area contributed by atoms with Crippen LogP contribution in [-0.4, -0.2) is 43.5 Å². The summed E-state index contributed by atoms with van der Waals surface area (Å²) in [5.41, 5.74) is 0.506. The van der Waals surface area contributed by atoms with Crippen molar-refractivity contribution in [3.05, 3.63) is 29.8 Å². The molecular formula is C13H19NO5S. The van der Waals surface area contributed by atoms with Gasteiger partial charge in [0.05, 0.1) is 11.5 Å². The normalized spacial score (nSPS) is 12.1. The summed E-state index contributed by atoms with van der Waals surface area (Å²) in [6.07, 6.45) is 0. The molecule has 0 aliphatic carbocycles. The van der Waals surface area contributed by atoms with Gasteiger partial charge in [0, 0.05) is 13.2 Å². The molecule has 1 aromatic rings. The van der Waals surface area contributed by atoms with Gasteiger partial charge in [0.2, 0.25) is 10.0 Å². The average Bonchev–Trinajstić information content (AvgIpc) is 2.36. The first-order valence-electron chi connectivity index (χ1n) is 6.11. The number of nitrogens with zero attached hydrogens (tertiary/aromatic N) is 1. The molecule has 0 atom stereocenters. The van der Waals surface area contributed by atoms with Crippen LogP contribution in [0.2, 0.25) is 0 Å². The number of aliphatic carboxylic acids is 1. The first kappa shape index (κ1) is 16.6. The van der Waals surface area contributed by atoms with Crippen LogP contribution in [0.1, 0.15) is 19.4 Å². The van der Waals surface area contributed by atoms with Crippen LogP contribution in [-0.2, 0) is 26.2 Å². The van der Waals surface area contributed by atoms with E-state index in [0.29, 0.717) is 5.56 Å². The third-order valence-electron chi connectivity index (χ3n) is 2.73. The van der Waals surface area contributed by atoms with E-state index in [1.165, 1.54) is 13.2 Å². The van der Waals surface area contributed by atoms with Crippen LogP contribution in [0, 0.1) is 0 Å². The Bertz CT molecular complexity index is 568.